The van der Waals surface area contributed by atoms with Gasteiger partial charge in [-0.25, -0.2) is 9.97 Å². The first-order valence-electron chi connectivity index (χ1n) is 5.86. The van der Waals surface area contributed by atoms with Crippen molar-refractivity contribution < 1.29 is 4.79 Å². The highest BCUT2D eigenvalue weighted by atomic mass is 35.5. The van der Waals surface area contributed by atoms with Crippen molar-refractivity contribution in [3.8, 4) is 0 Å². The molecule has 6 nitrogen and oxygen atoms in total. The number of anilines is 2. The Labute approximate surface area is 111 Å². The number of piperidine rings is 1. The van der Waals surface area contributed by atoms with Crippen LogP contribution >= 0.6 is 11.6 Å². The predicted octanol–water partition coefficient (Wildman–Crippen LogP) is 0.675. The van der Waals surface area contributed by atoms with Crippen molar-refractivity contribution in [3.63, 3.8) is 0 Å². The van der Waals surface area contributed by atoms with E-state index in [2.05, 4.69) is 15.3 Å². The number of carbonyl (C=O) groups excluding carboxylic acids is 1. The van der Waals surface area contributed by atoms with Crippen LogP contribution in [-0.2, 0) is 4.79 Å². The Hall–Kier alpha value is -1.56. The van der Waals surface area contributed by atoms with E-state index in [-0.39, 0.29) is 17.0 Å². The monoisotopic (exact) mass is 269 g/mol. The molecule has 0 saturated carbocycles. The zero-order chi connectivity index (χ0) is 13.1. The SMILES string of the molecule is CNC(=O)C1CCCN(c2ncnc(Cl)c2N)C1. The maximum absolute atomic E-state index is 11.7. The number of halogens is 1. The van der Waals surface area contributed by atoms with Gasteiger partial charge in [-0.1, -0.05) is 11.6 Å². The number of hydrogen-bond acceptors (Lipinski definition) is 5. The molecular formula is C11H16ClN5O. The maximum Gasteiger partial charge on any atom is 0.224 e. The molecule has 1 atom stereocenters. The molecule has 1 aromatic heterocycles. The van der Waals surface area contributed by atoms with E-state index in [9.17, 15) is 4.79 Å². The highest BCUT2D eigenvalue weighted by Crippen LogP contribution is 2.29. The number of aromatic nitrogens is 2. The third-order valence-corrected chi connectivity index (χ3v) is 3.45. The van der Waals surface area contributed by atoms with E-state index in [1.807, 2.05) is 4.90 Å². The van der Waals surface area contributed by atoms with Gasteiger partial charge in [0.2, 0.25) is 5.91 Å². The van der Waals surface area contributed by atoms with Crippen LogP contribution in [0.3, 0.4) is 0 Å². The first kappa shape index (κ1) is 12.9. The molecule has 0 spiro atoms. The van der Waals surface area contributed by atoms with E-state index in [1.165, 1.54) is 6.33 Å². The minimum atomic E-state index is -0.0307. The first-order chi connectivity index (χ1) is 8.63. The van der Waals surface area contributed by atoms with E-state index in [0.717, 1.165) is 19.4 Å². The Bertz CT molecular complexity index is 453. The first-order valence-corrected chi connectivity index (χ1v) is 6.23. The van der Waals surface area contributed by atoms with Gasteiger partial charge in [-0.05, 0) is 12.8 Å². The van der Waals surface area contributed by atoms with Gasteiger partial charge in [0.25, 0.3) is 0 Å². The minimum Gasteiger partial charge on any atom is -0.393 e. The van der Waals surface area contributed by atoms with Gasteiger partial charge in [-0.2, -0.15) is 0 Å². The van der Waals surface area contributed by atoms with Crippen molar-refractivity contribution >= 4 is 29.0 Å². The van der Waals surface area contributed by atoms with Crippen LogP contribution in [0.2, 0.25) is 5.15 Å². The summed E-state index contributed by atoms with van der Waals surface area (Å²) < 4.78 is 0. The van der Waals surface area contributed by atoms with Crippen LogP contribution in [0.1, 0.15) is 12.8 Å². The van der Waals surface area contributed by atoms with Gasteiger partial charge in [0, 0.05) is 20.1 Å². The summed E-state index contributed by atoms with van der Waals surface area (Å²) in [7, 11) is 1.65. The van der Waals surface area contributed by atoms with E-state index < -0.39 is 0 Å². The molecule has 1 amide bonds. The molecule has 7 heteroatoms. The van der Waals surface area contributed by atoms with Crippen LogP contribution in [0.15, 0.2) is 6.33 Å². The molecule has 2 rings (SSSR count). The van der Waals surface area contributed by atoms with Crippen LogP contribution in [-0.4, -0.2) is 36.0 Å². The van der Waals surface area contributed by atoms with Gasteiger partial charge in [0.05, 0.1) is 5.92 Å². The lowest BCUT2D eigenvalue weighted by molar-refractivity contribution is -0.124. The quantitative estimate of drug-likeness (QED) is 0.771. The predicted molar refractivity (Wildman–Crippen MR) is 70.5 cm³/mol. The largest absolute Gasteiger partial charge is 0.393 e. The third kappa shape index (κ3) is 2.48. The molecule has 0 aromatic carbocycles. The number of nitrogen functional groups attached to an aromatic ring is 1. The van der Waals surface area contributed by atoms with Crippen molar-refractivity contribution in [1.82, 2.24) is 15.3 Å². The Morgan fingerprint density at radius 1 is 1.61 bits per heavy atom. The van der Waals surface area contributed by atoms with E-state index >= 15 is 0 Å². The van der Waals surface area contributed by atoms with E-state index in [1.54, 1.807) is 7.05 Å². The van der Waals surface area contributed by atoms with Gasteiger partial charge in [0.1, 0.15) is 12.0 Å². The second-order valence-corrected chi connectivity index (χ2v) is 4.66. The summed E-state index contributed by atoms with van der Waals surface area (Å²) >= 11 is 5.88. The van der Waals surface area contributed by atoms with Crippen LogP contribution in [0.5, 0.6) is 0 Å². The number of carbonyl (C=O) groups is 1. The van der Waals surface area contributed by atoms with Gasteiger partial charge < -0.3 is 16.0 Å². The summed E-state index contributed by atoms with van der Waals surface area (Å²) in [5, 5.41) is 2.93. The highest BCUT2D eigenvalue weighted by Gasteiger charge is 2.27. The van der Waals surface area contributed by atoms with Crippen LogP contribution in [0.25, 0.3) is 0 Å². The number of hydrogen-bond donors (Lipinski definition) is 2. The number of amides is 1. The maximum atomic E-state index is 11.7. The molecule has 1 saturated heterocycles. The lowest BCUT2D eigenvalue weighted by Crippen LogP contribution is -2.42. The summed E-state index contributed by atoms with van der Waals surface area (Å²) in [5.74, 6) is 0.638. The molecule has 1 aliphatic rings. The number of nitrogens with one attached hydrogen (secondary N) is 1. The minimum absolute atomic E-state index is 0.0307. The van der Waals surface area contributed by atoms with Crippen molar-refractivity contribution in [3.05, 3.63) is 11.5 Å². The molecule has 2 heterocycles. The van der Waals surface area contributed by atoms with Crippen LogP contribution in [0.4, 0.5) is 11.5 Å². The van der Waals surface area contributed by atoms with Crippen molar-refractivity contribution in [2.24, 2.45) is 5.92 Å². The summed E-state index contributed by atoms with van der Waals surface area (Å²) in [6.45, 7) is 1.43. The van der Waals surface area contributed by atoms with Crippen LogP contribution in [0, 0.1) is 5.92 Å². The zero-order valence-corrected chi connectivity index (χ0v) is 10.9. The van der Waals surface area contributed by atoms with Crippen molar-refractivity contribution in [1.29, 1.82) is 0 Å². The van der Waals surface area contributed by atoms with Gasteiger partial charge in [-0.3, -0.25) is 4.79 Å². The van der Waals surface area contributed by atoms with Crippen molar-refractivity contribution in [2.75, 3.05) is 30.8 Å². The van der Waals surface area contributed by atoms with E-state index in [4.69, 9.17) is 17.3 Å². The van der Waals surface area contributed by atoms with Crippen molar-refractivity contribution in [2.45, 2.75) is 12.8 Å². The zero-order valence-electron chi connectivity index (χ0n) is 10.2. The molecule has 1 aliphatic heterocycles. The lowest BCUT2D eigenvalue weighted by Gasteiger charge is -2.33. The average Bonchev–Trinajstić information content (AvgIpc) is 2.41. The lowest BCUT2D eigenvalue weighted by atomic mass is 9.97. The fourth-order valence-corrected chi connectivity index (χ4v) is 2.33. The summed E-state index contributed by atoms with van der Waals surface area (Å²) in [6.07, 6.45) is 3.20. The molecule has 0 aliphatic carbocycles. The topological polar surface area (TPSA) is 84.1 Å². The normalized spacial score (nSPS) is 19.7. The fraction of sp³-hybridized carbons (Fsp3) is 0.545. The molecule has 3 N–H and O–H groups in total. The standard InChI is InChI=1S/C11H16ClN5O/c1-14-11(18)7-3-2-4-17(5-7)10-8(13)9(12)15-6-16-10/h6-7H,2-5,13H2,1H3,(H,14,18). The highest BCUT2D eigenvalue weighted by molar-refractivity contribution is 6.32. The molecule has 1 fully saturated rings. The Kier molecular flexibility index (Phi) is 3.86. The molecule has 0 bridgehead atoms. The Morgan fingerprint density at radius 2 is 2.39 bits per heavy atom. The second kappa shape index (κ2) is 5.39. The Balaban J connectivity index is 2.18. The number of nitrogens with zero attached hydrogens (tertiary/aromatic N) is 3. The summed E-state index contributed by atoms with van der Waals surface area (Å²) in [4.78, 5) is 21.6. The fourth-order valence-electron chi connectivity index (χ4n) is 2.21. The second-order valence-electron chi connectivity index (χ2n) is 4.30. The Morgan fingerprint density at radius 3 is 3.11 bits per heavy atom. The van der Waals surface area contributed by atoms with Crippen LogP contribution < -0.4 is 16.0 Å². The summed E-state index contributed by atoms with van der Waals surface area (Å²) in [5.41, 5.74) is 6.24. The van der Waals surface area contributed by atoms with E-state index in [0.29, 0.717) is 18.1 Å². The molecule has 1 aromatic rings. The molecular weight excluding hydrogens is 254 g/mol. The molecule has 18 heavy (non-hydrogen) atoms. The molecule has 98 valence electrons. The molecule has 0 radical (unpaired) electrons. The van der Waals surface area contributed by atoms with Gasteiger partial charge >= 0.3 is 0 Å². The summed E-state index contributed by atoms with van der Waals surface area (Å²) in [6, 6.07) is 0. The smallest absolute Gasteiger partial charge is 0.224 e. The molecule has 1 unspecified atom stereocenters. The third-order valence-electron chi connectivity index (χ3n) is 3.15. The number of nitrogens with two attached hydrogens (primary N) is 1. The van der Waals surface area contributed by atoms with Gasteiger partial charge in [-0.15, -0.1) is 0 Å². The average molecular weight is 270 g/mol. The number of rotatable bonds is 2. The van der Waals surface area contributed by atoms with Gasteiger partial charge in [0.15, 0.2) is 11.0 Å².